The monoisotopic (exact) mass is 350 g/mol. The van der Waals surface area contributed by atoms with Gasteiger partial charge in [0.2, 0.25) is 0 Å². The van der Waals surface area contributed by atoms with E-state index in [4.69, 9.17) is 9.84 Å². The maximum atomic E-state index is 5.38. The van der Waals surface area contributed by atoms with E-state index >= 15 is 0 Å². The molecule has 2 heterocycles. The zero-order valence-electron chi connectivity index (χ0n) is 15.3. The van der Waals surface area contributed by atoms with Gasteiger partial charge < -0.3 is 10.1 Å². The number of nitrogens with one attached hydrogen (secondary N) is 1. The molecule has 1 aromatic carbocycles. The molecule has 136 valence electrons. The number of hydrogen-bond acceptors (Lipinski definition) is 4. The Balaban J connectivity index is 1.71. The average molecular weight is 350 g/mol. The summed E-state index contributed by atoms with van der Waals surface area (Å²) in [7, 11) is 0. The maximum Gasteiger partial charge on any atom is 0.0983 e. The minimum atomic E-state index is 0.762. The van der Waals surface area contributed by atoms with Crippen LogP contribution in [0.2, 0.25) is 0 Å². The van der Waals surface area contributed by atoms with Crippen molar-refractivity contribution in [2.45, 2.75) is 26.4 Å². The molecule has 0 fully saturated rings. The van der Waals surface area contributed by atoms with Crippen LogP contribution >= 0.6 is 0 Å². The van der Waals surface area contributed by atoms with Crippen molar-refractivity contribution in [1.82, 2.24) is 20.1 Å². The second kappa shape index (κ2) is 9.85. The molecule has 3 rings (SSSR count). The van der Waals surface area contributed by atoms with Crippen LogP contribution in [0.1, 0.15) is 24.5 Å². The van der Waals surface area contributed by atoms with Crippen LogP contribution in [0.3, 0.4) is 0 Å². The second-order valence-corrected chi connectivity index (χ2v) is 6.16. The second-order valence-electron chi connectivity index (χ2n) is 6.16. The predicted octanol–water partition coefficient (Wildman–Crippen LogP) is 3.51. The smallest absolute Gasteiger partial charge is 0.0983 e. The Labute approximate surface area is 155 Å². The van der Waals surface area contributed by atoms with E-state index in [1.807, 2.05) is 29.9 Å². The van der Waals surface area contributed by atoms with Gasteiger partial charge in [-0.2, -0.15) is 5.10 Å². The highest BCUT2D eigenvalue weighted by molar-refractivity contribution is 5.61. The molecule has 0 saturated carbocycles. The van der Waals surface area contributed by atoms with Crippen molar-refractivity contribution >= 4 is 0 Å². The van der Waals surface area contributed by atoms with Crippen LogP contribution in [0.15, 0.2) is 61.1 Å². The fourth-order valence-electron chi connectivity index (χ4n) is 2.86. The highest BCUT2D eigenvalue weighted by Crippen LogP contribution is 2.21. The molecular weight excluding hydrogens is 324 g/mol. The first-order valence-electron chi connectivity index (χ1n) is 9.16. The molecule has 2 aromatic heterocycles. The molecule has 0 bridgehead atoms. The Hall–Kier alpha value is -2.50. The third-order valence-electron chi connectivity index (χ3n) is 4.12. The number of hydrogen-bond donors (Lipinski definition) is 1. The van der Waals surface area contributed by atoms with Crippen molar-refractivity contribution in [3.8, 4) is 11.3 Å². The Morgan fingerprint density at radius 2 is 2.00 bits per heavy atom. The lowest BCUT2D eigenvalue weighted by Crippen LogP contribution is -2.16. The Morgan fingerprint density at radius 3 is 2.77 bits per heavy atom. The highest BCUT2D eigenvalue weighted by atomic mass is 16.5. The van der Waals surface area contributed by atoms with Gasteiger partial charge in [0.05, 0.1) is 12.2 Å². The lowest BCUT2D eigenvalue weighted by Gasteiger charge is -2.05. The molecule has 1 N–H and O–H groups in total. The molecule has 0 amide bonds. The first-order valence-corrected chi connectivity index (χ1v) is 9.16. The molecule has 0 aliphatic carbocycles. The van der Waals surface area contributed by atoms with E-state index in [2.05, 4.69) is 46.8 Å². The van der Waals surface area contributed by atoms with Gasteiger partial charge in [-0.1, -0.05) is 30.3 Å². The Kier molecular flexibility index (Phi) is 6.93. The van der Waals surface area contributed by atoms with Gasteiger partial charge in [0.25, 0.3) is 0 Å². The molecule has 3 aromatic rings. The van der Waals surface area contributed by atoms with Crippen molar-refractivity contribution in [2.24, 2.45) is 0 Å². The number of benzene rings is 1. The van der Waals surface area contributed by atoms with Crippen LogP contribution in [0.25, 0.3) is 11.3 Å². The summed E-state index contributed by atoms with van der Waals surface area (Å²) in [5, 5.41) is 8.31. The van der Waals surface area contributed by atoms with Gasteiger partial charge >= 0.3 is 0 Å². The molecule has 26 heavy (non-hydrogen) atoms. The molecular formula is C21H26N4O. The normalized spacial score (nSPS) is 11.0. The van der Waals surface area contributed by atoms with Gasteiger partial charge in [-0.15, -0.1) is 0 Å². The van der Waals surface area contributed by atoms with Crippen molar-refractivity contribution in [3.05, 3.63) is 72.2 Å². The highest BCUT2D eigenvalue weighted by Gasteiger charge is 2.11. The fraction of sp³-hybridized carbons (Fsp3) is 0.333. The lowest BCUT2D eigenvalue weighted by molar-refractivity contribution is 0.144. The first kappa shape index (κ1) is 18.3. The summed E-state index contributed by atoms with van der Waals surface area (Å²) < 4.78 is 7.39. The first-order chi connectivity index (χ1) is 12.9. The standard InChI is InChI=1S/C21H26N4O/c1-2-26-13-7-12-23-15-20-17-25(16-18-8-4-3-5-9-18)24-21(20)19-10-6-11-22-14-19/h3-6,8-11,14,17,23H,2,7,12-13,15-16H2,1H3. The summed E-state index contributed by atoms with van der Waals surface area (Å²) in [5.41, 5.74) is 4.46. The molecule has 0 unspecified atom stereocenters. The van der Waals surface area contributed by atoms with Crippen LogP contribution in [-0.2, 0) is 17.8 Å². The topological polar surface area (TPSA) is 52.0 Å². The van der Waals surface area contributed by atoms with Crippen LogP contribution in [0.5, 0.6) is 0 Å². The summed E-state index contributed by atoms with van der Waals surface area (Å²) in [4.78, 5) is 4.24. The van der Waals surface area contributed by atoms with Crippen molar-refractivity contribution in [3.63, 3.8) is 0 Å². The number of pyridine rings is 1. The average Bonchev–Trinajstić information content (AvgIpc) is 3.08. The van der Waals surface area contributed by atoms with E-state index in [-0.39, 0.29) is 0 Å². The van der Waals surface area contributed by atoms with Gasteiger partial charge in [0.1, 0.15) is 0 Å². The Bertz CT molecular complexity index is 771. The molecule has 0 aliphatic rings. The molecule has 0 aliphatic heterocycles. The minimum absolute atomic E-state index is 0.762. The number of ether oxygens (including phenoxy) is 1. The molecule has 0 atom stereocenters. The van der Waals surface area contributed by atoms with Crippen LogP contribution in [0, 0.1) is 0 Å². The van der Waals surface area contributed by atoms with E-state index in [0.717, 1.165) is 50.5 Å². The van der Waals surface area contributed by atoms with Crippen molar-refractivity contribution in [1.29, 1.82) is 0 Å². The summed E-state index contributed by atoms with van der Waals surface area (Å²) in [6.07, 6.45) is 6.79. The zero-order valence-corrected chi connectivity index (χ0v) is 15.3. The minimum Gasteiger partial charge on any atom is -0.382 e. The predicted molar refractivity (Wildman–Crippen MR) is 104 cm³/mol. The van der Waals surface area contributed by atoms with E-state index in [9.17, 15) is 0 Å². The lowest BCUT2D eigenvalue weighted by atomic mass is 10.1. The van der Waals surface area contributed by atoms with Crippen molar-refractivity contribution in [2.75, 3.05) is 19.8 Å². The maximum absolute atomic E-state index is 5.38. The van der Waals surface area contributed by atoms with Gasteiger partial charge in [0, 0.05) is 49.5 Å². The molecule has 0 saturated heterocycles. The van der Waals surface area contributed by atoms with E-state index < -0.39 is 0 Å². The van der Waals surface area contributed by atoms with Gasteiger partial charge in [0.15, 0.2) is 0 Å². The van der Waals surface area contributed by atoms with Crippen LogP contribution < -0.4 is 5.32 Å². The quantitative estimate of drug-likeness (QED) is 0.569. The largest absolute Gasteiger partial charge is 0.382 e. The van der Waals surface area contributed by atoms with Crippen LogP contribution in [-0.4, -0.2) is 34.5 Å². The van der Waals surface area contributed by atoms with Gasteiger partial charge in [-0.05, 0) is 37.6 Å². The fourth-order valence-corrected chi connectivity index (χ4v) is 2.86. The molecule has 5 heteroatoms. The third-order valence-corrected chi connectivity index (χ3v) is 4.12. The van der Waals surface area contributed by atoms with E-state index in [1.165, 1.54) is 11.1 Å². The molecule has 5 nitrogen and oxygen atoms in total. The van der Waals surface area contributed by atoms with Gasteiger partial charge in [-0.3, -0.25) is 9.67 Å². The summed E-state index contributed by atoms with van der Waals surface area (Å²) in [5.74, 6) is 0. The number of nitrogens with zero attached hydrogens (tertiary/aromatic N) is 3. The summed E-state index contributed by atoms with van der Waals surface area (Å²) in [6.45, 7) is 6.07. The third kappa shape index (κ3) is 5.25. The molecule has 0 spiro atoms. The zero-order chi connectivity index (χ0) is 18.0. The van der Waals surface area contributed by atoms with Crippen LogP contribution in [0.4, 0.5) is 0 Å². The van der Waals surface area contributed by atoms with E-state index in [1.54, 1.807) is 6.20 Å². The Morgan fingerprint density at radius 1 is 1.12 bits per heavy atom. The van der Waals surface area contributed by atoms with Crippen molar-refractivity contribution < 1.29 is 4.74 Å². The SMILES string of the molecule is CCOCCCNCc1cn(Cc2ccccc2)nc1-c1cccnc1. The van der Waals surface area contributed by atoms with Gasteiger partial charge in [-0.25, -0.2) is 0 Å². The summed E-state index contributed by atoms with van der Waals surface area (Å²) in [6, 6.07) is 14.4. The molecule has 0 radical (unpaired) electrons. The number of aromatic nitrogens is 3. The van der Waals surface area contributed by atoms with E-state index in [0.29, 0.717) is 0 Å². The number of rotatable bonds is 10. The summed E-state index contributed by atoms with van der Waals surface area (Å²) >= 11 is 0.